The van der Waals surface area contributed by atoms with Gasteiger partial charge in [0, 0.05) is 45.6 Å². The molecule has 4 aromatic heterocycles. The molecule has 0 atom stereocenters. The first-order valence-electron chi connectivity index (χ1n) is 22.1. The van der Waals surface area contributed by atoms with E-state index < -0.39 is 5.41 Å². The van der Waals surface area contributed by atoms with Crippen LogP contribution in [0.3, 0.4) is 0 Å². The van der Waals surface area contributed by atoms with Gasteiger partial charge in [-0.3, -0.25) is 9.55 Å². The molecule has 0 N–H and O–H groups in total. The van der Waals surface area contributed by atoms with E-state index in [0.717, 1.165) is 95.5 Å². The summed E-state index contributed by atoms with van der Waals surface area (Å²) in [6.07, 6.45) is 4.34. The summed E-state index contributed by atoms with van der Waals surface area (Å²) in [5, 5.41) is 1.97. The van der Waals surface area contributed by atoms with E-state index in [-0.39, 0.29) is 0 Å². The zero-order valence-corrected chi connectivity index (χ0v) is 37.6. The van der Waals surface area contributed by atoms with Crippen molar-refractivity contribution in [3.8, 4) is 73.2 Å². The maximum atomic E-state index is 7.30. The van der Waals surface area contributed by atoms with Crippen molar-refractivity contribution in [2.24, 2.45) is 0 Å². The Morgan fingerprint density at radius 3 is 1.89 bits per heavy atom. The zero-order chi connectivity index (χ0) is 44.0. The van der Waals surface area contributed by atoms with E-state index in [1.165, 1.54) is 33.4 Å². The van der Waals surface area contributed by atoms with Crippen LogP contribution in [0.15, 0.2) is 152 Å². The lowest BCUT2D eigenvalue weighted by Gasteiger charge is -2.25. The monoisotopic (exact) mass is 831 g/mol. The minimum atomic E-state index is -0.638. The fourth-order valence-corrected chi connectivity index (χ4v) is 9.85. The molecule has 6 nitrogen and oxygen atoms in total. The Bertz CT molecular complexity index is 3480. The number of hydrogen-bond donors (Lipinski definition) is 0. The third-order valence-electron chi connectivity index (χ3n) is 13.4. The van der Waals surface area contributed by atoms with Gasteiger partial charge >= 0.3 is 0 Å². The van der Waals surface area contributed by atoms with Crippen molar-refractivity contribution in [1.29, 1.82) is 0 Å². The van der Waals surface area contributed by atoms with E-state index in [0.29, 0.717) is 5.75 Å². The predicted molar refractivity (Wildman–Crippen MR) is 262 cm³/mol. The van der Waals surface area contributed by atoms with E-state index in [1.807, 2.05) is 0 Å². The molecular weight excluding hydrogens is 783 g/mol. The molecule has 312 valence electrons. The molecule has 5 heterocycles. The van der Waals surface area contributed by atoms with Crippen LogP contribution in [0.5, 0.6) is 11.5 Å². The van der Waals surface area contributed by atoms with Crippen LogP contribution in [0.4, 0.5) is 0 Å². The highest BCUT2D eigenvalue weighted by Gasteiger charge is 2.32. The van der Waals surface area contributed by atoms with Gasteiger partial charge in [0.05, 0.1) is 33.9 Å². The molecule has 6 heteroatoms. The lowest BCUT2D eigenvalue weighted by molar-refractivity contribution is 0.489. The van der Waals surface area contributed by atoms with Crippen molar-refractivity contribution in [2.75, 3.05) is 0 Å². The Morgan fingerprint density at radius 1 is 0.516 bits per heavy atom. The highest BCUT2D eigenvalue weighted by atomic mass is 16.5. The van der Waals surface area contributed by atoms with Gasteiger partial charge in [0.15, 0.2) is 0 Å². The number of aryl methyl sites for hydroxylation is 6. The van der Waals surface area contributed by atoms with Crippen molar-refractivity contribution in [2.45, 2.75) is 60.8 Å². The molecule has 6 aromatic carbocycles. The van der Waals surface area contributed by atoms with Crippen LogP contribution >= 0.6 is 0 Å². The Balaban J connectivity index is 1.27. The summed E-state index contributed by atoms with van der Waals surface area (Å²) in [7, 11) is 0. The van der Waals surface area contributed by atoms with Gasteiger partial charge in [-0.1, -0.05) is 84.9 Å². The number of rotatable bonds is 4. The number of pyridine rings is 2. The largest absolute Gasteiger partial charge is 0.457 e. The topological polar surface area (TPSA) is 57.2 Å². The number of benzene rings is 6. The molecule has 0 saturated carbocycles. The summed E-state index contributed by atoms with van der Waals surface area (Å²) < 4.78 is 11.8. The Labute approximate surface area is 374 Å². The molecule has 64 heavy (non-hydrogen) atoms. The van der Waals surface area contributed by atoms with Crippen molar-refractivity contribution >= 4 is 16.4 Å². The second kappa shape index (κ2) is 14.8. The lowest BCUT2D eigenvalue weighted by atomic mass is 9.83. The van der Waals surface area contributed by atoms with Crippen LogP contribution in [-0.2, 0) is 5.41 Å². The van der Waals surface area contributed by atoms with Gasteiger partial charge in [-0.05, 0) is 160 Å². The number of aromatic nitrogens is 5. The van der Waals surface area contributed by atoms with Crippen molar-refractivity contribution in [1.82, 2.24) is 23.9 Å². The van der Waals surface area contributed by atoms with Gasteiger partial charge < -0.3 is 9.14 Å². The second-order valence-corrected chi connectivity index (χ2v) is 18.1. The van der Waals surface area contributed by atoms with Gasteiger partial charge in [0.1, 0.15) is 23.0 Å². The van der Waals surface area contributed by atoms with Gasteiger partial charge in [0.2, 0.25) is 0 Å². The van der Waals surface area contributed by atoms with Crippen LogP contribution in [0, 0.1) is 41.5 Å². The zero-order valence-electron chi connectivity index (χ0n) is 37.6. The number of nitrogens with zero attached hydrogens (tertiary/aromatic N) is 5. The summed E-state index contributed by atoms with van der Waals surface area (Å²) in [6, 6.07) is 49.9. The van der Waals surface area contributed by atoms with Crippen LogP contribution in [0.25, 0.3) is 78.1 Å². The molecule has 0 spiro atoms. The van der Waals surface area contributed by atoms with E-state index >= 15 is 0 Å². The minimum Gasteiger partial charge on any atom is -0.457 e. The third kappa shape index (κ3) is 6.35. The first kappa shape index (κ1) is 39.3. The average molecular weight is 832 g/mol. The van der Waals surface area contributed by atoms with Crippen molar-refractivity contribution < 1.29 is 4.74 Å². The number of imidazole rings is 2. The minimum absolute atomic E-state index is 0.638. The van der Waals surface area contributed by atoms with E-state index in [9.17, 15) is 0 Å². The van der Waals surface area contributed by atoms with Crippen molar-refractivity contribution in [3.63, 3.8) is 0 Å². The van der Waals surface area contributed by atoms with Gasteiger partial charge in [0.25, 0.3) is 0 Å². The molecule has 1 aliphatic rings. The van der Waals surface area contributed by atoms with Crippen LogP contribution in [0.2, 0.25) is 0 Å². The van der Waals surface area contributed by atoms with E-state index in [4.69, 9.17) is 19.7 Å². The Hall–Kier alpha value is -7.57. The first-order valence-corrected chi connectivity index (χ1v) is 22.1. The molecule has 0 saturated heterocycles. The summed E-state index contributed by atoms with van der Waals surface area (Å²) in [4.78, 5) is 16.4. The van der Waals surface area contributed by atoms with Crippen LogP contribution in [-0.4, -0.2) is 23.9 Å². The summed E-state index contributed by atoms with van der Waals surface area (Å²) in [5.74, 6) is 2.26. The van der Waals surface area contributed by atoms with E-state index in [2.05, 4.69) is 216 Å². The fourth-order valence-electron chi connectivity index (χ4n) is 9.85. The molecule has 8 bridgehead atoms. The Kier molecular flexibility index (Phi) is 9.07. The van der Waals surface area contributed by atoms with Crippen LogP contribution in [0.1, 0.15) is 58.9 Å². The highest BCUT2D eigenvalue weighted by Crippen LogP contribution is 2.45. The average Bonchev–Trinajstić information content (AvgIpc) is 3.87. The molecule has 0 aliphatic carbocycles. The van der Waals surface area contributed by atoms with Gasteiger partial charge in [-0.2, -0.15) is 0 Å². The SMILES string of the molecule is Cc1cccc(C)c1-c1cc2cc(c1)-c1nc(cn1-c1ccccc1-c1ccccc1)C(C)(C)c1cc(-c3c(C)cccc3C)cc(n1)-c1cc(c3ccn4c(C)c(C)nc4c3c1)O2. The van der Waals surface area contributed by atoms with Gasteiger partial charge in [-0.25, -0.2) is 9.97 Å². The lowest BCUT2D eigenvalue weighted by Crippen LogP contribution is -2.22. The molecule has 0 unspecified atom stereocenters. The quantitative estimate of drug-likeness (QED) is 0.177. The molecular formula is C58H49N5O. The Morgan fingerprint density at radius 2 is 1.17 bits per heavy atom. The maximum absolute atomic E-state index is 7.30. The second-order valence-electron chi connectivity index (χ2n) is 18.1. The molecule has 0 amide bonds. The van der Waals surface area contributed by atoms with Crippen molar-refractivity contribution in [3.05, 3.63) is 197 Å². The fraction of sp³-hybridized carbons (Fsp3) is 0.155. The van der Waals surface area contributed by atoms with Crippen LogP contribution < -0.4 is 4.74 Å². The third-order valence-corrected chi connectivity index (χ3v) is 13.4. The summed E-state index contributed by atoms with van der Waals surface area (Å²) in [6.45, 7) is 17.5. The van der Waals surface area contributed by atoms with E-state index in [1.54, 1.807) is 0 Å². The summed E-state index contributed by atoms with van der Waals surface area (Å²) >= 11 is 0. The standard InChI is InChI=1S/C58H49N5O/c1-34-16-14-17-35(2)54(34)42-26-44-28-45(27-42)64-51-31-41(29-48-47(51)24-25-62-39(6)38(5)59-57(48)62)49-30-43(55-36(3)18-15-19-37(55)4)32-52(60-49)58(7,8)53-33-63(56(44)61-53)50-23-13-12-22-46(50)40-20-10-9-11-21-40/h9-33H,1-8H3. The maximum Gasteiger partial charge on any atom is 0.145 e. The molecule has 0 radical (unpaired) electrons. The number of para-hydroxylation sites is 1. The predicted octanol–water partition coefficient (Wildman–Crippen LogP) is 14.7. The normalized spacial score (nSPS) is 12.9. The van der Waals surface area contributed by atoms with Gasteiger partial charge in [-0.15, -0.1) is 0 Å². The first-order chi connectivity index (χ1) is 30.9. The number of ether oxygens (including phenoxy) is 1. The molecule has 10 aromatic rings. The number of fused-ring (bicyclic) bond motifs is 14. The molecule has 1 aliphatic heterocycles. The smallest absolute Gasteiger partial charge is 0.145 e. The number of hydrogen-bond acceptors (Lipinski definition) is 4. The summed E-state index contributed by atoms with van der Waals surface area (Å²) in [5.41, 5.74) is 19.6. The molecule has 0 fully saturated rings. The highest BCUT2D eigenvalue weighted by molar-refractivity contribution is 6.01. The molecule has 11 rings (SSSR count).